The van der Waals surface area contributed by atoms with Crippen LogP contribution in [0.25, 0.3) is 0 Å². The summed E-state index contributed by atoms with van der Waals surface area (Å²) >= 11 is 0. The summed E-state index contributed by atoms with van der Waals surface area (Å²) in [5.74, 6) is 0. The van der Waals surface area contributed by atoms with Crippen LogP contribution in [0.1, 0.15) is 90.9 Å². The zero-order valence-corrected chi connectivity index (χ0v) is 19.6. The summed E-state index contributed by atoms with van der Waals surface area (Å²) in [5.41, 5.74) is 0. The minimum atomic E-state index is -0.380. The van der Waals surface area contributed by atoms with Crippen LogP contribution in [0, 0.1) is 0 Å². The smallest absolute Gasteiger partial charge is 0.243 e. The molecule has 0 aliphatic carbocycles. The third-order valence-corrected chi connectivity index (χ3v) is 5.88. The lowest BCUT2D eigenvalue weighted by Gasteiger charge is -2.05. The molecule has 0 aliphatic heterocycles. The van der Waals surface area contributed by atoms with Crippen LogP contribution in [0.15, 0.2) is 37.4 Å². The highest BCUT2D eigenvalue weighted by atomic mass is 16.3. The molecule has 0 fully saturated rings. The van der Waals surface area contributed by atoms with Crippen LogP contribution in [-0.4, -0.2) is 20.3 Å². The predicted octanol–water partition coefficient (Wildman–Crippen LogP) is 4.65. The van der Waals surface area contributed by atoms with Gasteiger partial charge in [-0.25, -0.2) is 18.3 Å². The van der Waals surface area contributed by atoms with Gasteiger partial charge in [0.1, 0.15) is 44.0 Å². The molecule has 170 valence electrons. The molecule has 2 aromatic rings. The number of rotatable bonds is 18. The molecule has 5 nitrogen and oxygen atoms in total. The first kappa shape index (κ1) is 24.6. The van der Waals surface area contributed by atoms with E-state index in [1.165, 1.54) is 77.0 Å². The Bertz CT molecular complexity index is 607. The molecular weight excluding hydrogens is 372 g/mol. The summed E-state index contributed by atoms with van der Waals surface area (Å²) < 4.78 is 8.71. The Morgan fingerprint density at radius 3 is 1.47 bits per heavy atom. The molecular formula is C25H46N4O+2. The molecule has 0 aliphatic rings. The lowest BCUT2D eigenvalue weighted by atomic mass is 10.1. The van der Waals surface area contributed by atoms with E-state index in [0.717, 1.165) is 13.1 Å². The van der Waals surface area contributed by atoms with E-state index < -0.39 is 0 Å². The number of hydrogen-bond donors (Lipinski definition) is 1. The van der Waals surface area contributed by atoms with Gasteiger partial charge in [-0.2, -0.15) is 0 Å². The molecule has 0 amide bonds. The average molecular weight is 419 g/mol. The van der Waals surface area contributed by atoms with E-state index in [-0.39, 0.29) is 6.10 Å². The molecule has 2 rings (SSSR count). The Balaban J connectivity index is 1.62. The lowest BCUT2D eigenvalue weighted by molar-refractivity contribution is -0.737. The molecule has 0 spiro atoms. The van der Waals surface area contributed by atoms with E-state index >= 15 is 0 Å². The van der Waals surface area contributed by atoms with Gasteiger partial charge in [-0.1, -0.05) is 65.2 Å². The van der Waals surface area contributed by atoms with Crippen LogP contribution in [0.2, 0.25) is 0 Å². The van der Waals surface area contributed by atoms with Crippen molar-refractivity contribution < 1.29 is 14.2 Å². The Hall–Kier alpha value is -1.62. The Kier molecular flexibility index (Phi) is 12.5. The van der Waals surface area contributed by atoms with Crippen LogP contribution in [0.4, 0.5) is 0 Å². The highest BCUT2D eigenvalue weighted by Gasteiger charge is 2.14. The van der Waals surface area contributed by atoms with Gasteiger partial charge in [0.25, 0.3) is 0 Å². The van der Waals surface area contributed by atoms with E-state index in [4.69, 9.17) is 0 Å². The van der Waals surface area contributed by atoms with Crippen molar-refractivity contribution in [1.82, 2.24) is 9.13 Å². The number of aromatic nitrogens is 4. The molecule has 0 saturated carbocycles. The van der Waals surface area contributed by atoms with Gasteiger partial charge in [-0.3, -0.25) is 0 Å². The molecule has 1 N–H and O–H groups in total. The van der Waals surface area contributed by atoms with E-state index in [2.05, 4.69) is 69.6 Å². The van der Waals surface area contributed by atoms with Gasteiger partial charge in [0, 0.05) is 0 Å². The molecule has 0 saturated heterocycles. The fourth-order valence-corrected chi connectivity index (χ4v) is 4.05. The van der Waals surface area contributed by atoms with E-state index in [9.17, 15) is 5.11 Å². The predicted molar refractivity (Wildman–Crippen MR) is 122 cm³/mol. The summed E-state index contributed by atoms with van der Waals surface area (Å²) in [6.45, 7) is 7.95. The van der Waals surface area contributed by atoms with Crippen molar-refractivity contribution in [2.24, 2.45) is 0 Å². The van der Waals surface area contributed by atoms with Crippen molar-refractivity contribution in [3.8, 4) is 0 Å². The first-order chi connectivity index (χ1) is 14.7. The zero-order valence-electron chi connectivity index (χ0n) is 19.6. The monoisotopic (exact) mass is 418 g/mol. The number of aryl methyl sites for hydroxylation is 2. The number of nitrogens with zero attached hydrogens (tertiary/aromatic N) is 4. The van der Waals surface area contributed by atoms with E-state index in [0.29, 0.717) is 13.1 Å². The second kappa shape index (κ2) is 15.2. The number of imidazole rings is 2. The highest BCUT2D eigenvalue weighted by molar-refractivity contribution is 4.68. The minimum absolute atomic E-state index is 0.380. The van der Waals surface area contributed by atoms with Crippen molar-refractivity contribution in [2.75, 3.05) is 0 Å². The second-order valence-corrected chi connectivity index (χ2v) is 8.89. The minimum Gasteiger partial charge on any atom is -0.385 e. The van der Waals surface area contributed by atoms with E-state index in [1.807, 2.05) is 0 Å². The van der Waals surface area contributed by atoms with Crippen LogP contribution in [0.3, 0.4) is 0 Å². The SMILES string of the molecule is CCCCCCCCn1cc[n+](CC(O)C[n+]2ccn(CCCCCCCC)c2)c1. The molecule has 2 aromatic heterocycles. The Labute approximate surface area is 184 Å². The maximum absolute atomic E-state index is 10.5. The van der Waals surface area contributed by atoms with Crippen molar-refractivity contribution >= 4 is 0 Å². The third-order valence-electron chi connectivity index (χ3n) is 5.88. The van der Waals surface area contributed by atoms with Gasteiger partial charge in [0.15, 0.2) is 0 Å². The van der Waals surface area contributed by atoms with Gasteiger partial charge in [0.2, 0.25) is 12.7 Å². The first-order valence-corrected chi connectivity index (χ1v) is 12.5. The number of hydrogen-bond acceptors (Lipinski definition) is 1. The van der Waals surface area contributed by atoms with E-state index in [1.54, 1.807) is 0 Å². The topological polar surface area (TPSA) is 37.9 Å². The van der Waals surface area contributed by atoms with Gasteiger partial charge >= 0.3 is 0 Å². The number of aliphatic hydroxyl groups excluding tert-OH is 1. The maximum Gasteiger partial charge on any atom is 0.243 e. The summed E-state index contributed by atoms with van der Waals surface area (Å²) in [6.07, 6.45) is 28.2. The third kappa shape index (κ3) is 10.4. The molecule has 0 aromatic carbocycles. The summed E-state index contributed by atoms with van der Waals surface area (Å²) in [7, 11) is 0. The van der Waals surface area contributed by atoms with Crippen LogP contribution >= 0.6 is 0 Å². The van der Waals surface area contributed by atoms with Crippen molar-refractivity contribution in [3.63, 3.8) is 0 Å². The highest BCUT2D eigenvalue weighted by Crippen LogP contribution is 2.07. The standard InChI is InChI=1S/C25H46N4O/c1-3-5-7-9-11-13-15-26-17-19-28(23-26)21-25(30)22-29-20-18-27(24-29)16-14-12-10-8-6-4-2/h17-20,23-25,30H,3-16,21-22H2,1-2H3/q+2. The molecule has 0 atom stereocenters. The molecule has 2 heterocycles. The van der Waals surface area contributed by atoms with Crippen molar-refractivity contribution in [2.45, 2.75) is 123 Å². The molecule has 0 unspecified atom stereocenters. The molecule has 0 radical (unpaired) electrons. The van der Waals surface area contributed by atoms with Crippen molar-refractivity contribution in [1.29, 1.82) is 0 Å². The molecule has 5 heteroatoms. The number of aliphatic hydroxyl groups is 1. The number of unbranched alkanes of at least 4 members (excludes halogenated alkanes) is 10. The summed E-state index contributed by atoms with van der Waals surface area (Å²) in [4.78, 5) is 0. The lowest BCUT2D eigenvalue weighted by Crippen LogP contribution is -2.46. The average Bonchev–Trinajstić information content (AvgIpc) is 3.36. The fourth-order valence-electron chi connectivity index (χ4n) is 4.05. The van der Waals surface area contributed by atoms with Gasteiger partial charge in [-0.15, -0.1) is 0 Å². The quantitative estimate of drug-likeness (QED) is 0.278. The van der Waals surface area contributed by atoms with Crippen LogP contribution in [-0.2, 0) is 26.2 Å². The summed E-state index contributed by atoms with van der Waals surface area (Å²) in [6, 6.07) is 0. The molecule has 0 bridgehead atoms. The fraction of sp³-hybridized carbons (Fsp3) is 0.760. The van der Waals surface area contributed by atoms with Gasteiger partial charge in [0.05, 0.1) is 13.1 Å². The van der Waals surface area contributed by atoms with Gasteiger partial charge < -0.3 is 5.11 Å². The van der Waals surface area contributed by atoms with Crippen LogP contribution in [0.5, 0.6) is 0 Å². The van der Waals surface area contributed by atoms with Gasteiger partial charge in [-0.05, 0) is 25.7 Å². The maximum atomic E-state index is 10.5. The van der Waals surface area contributed by atoms with Crippen molar-refractivity contribution in [3.05, 3.63) is 37.4 Å². The second-order valence-electron chi connectivity index (χ2n) is 8.89. The zero-order chi connectivity index (χ0) is 21.4. The summed E-state index contributed by atoms with van der Waals surface area (Å²) in [5, 5.41) is 10.5. The Morgan fingerprint density at radius 2 is 1.03 bits per heavy atom. The first-order valence-electron chi connectivity index (χ1n) is 12.5. The van der Waals surface area contributed by atoms with Crippen LogP contribution < -0.4 is 9.13 Å². The largest absolute Gasteiger partial charge is 0.385 e. The normalized spacial score (nSPS) is 11.6. The Morgan fingerprint density at radius 1 is 0.633 bits per heavy atom. The molecule has 30 heavy (non-hydrogen) atoms.